The van der Waals surface area contributed by atoms with E-state index in [1.165, 1.54) is 25.7 Å². The molecule has 0 aromatic heterocycles. The normalized spacial score (nSPS) is 20.8. The molecule has 90 valence electrons. The van der Waals surface area contributed by atoms with Gasteiger partial charge >= 0.3 is 0 Å². The van der Waals surface area contributed by atoms with Gasteiger partial charge in [-0.1, -0.05) is 33.6 Å². The third kappa shape index (κ3) is 5.53. The summed E-state index contributed by atoms with van der Waals surface area (Å²) in [4.78, 5) is 0. The van der Waals surface area contributed by atoms with Crippen LogP contribution in [0.3, 0.4) is 0 Å². The van der Waals surface area contributed by atoms with Gasteiger partial charge in [-0.15, -0.1) is 0 Å². The van der Waals surface area contributed by atoms with E-state index in [2.05, 4.69) is 26.1 Å². The van der Waals surface area contributed by atoms with Crippen molar-refractivity contribution in [2.45, 2.75) is 58.9 Å². The molecule has 0 aromatic rings. The molecule has 1 atom stereocenters. The van der Waals surface area contributed by atoms with Gasteiger partial charge in [0.05, 0.1) is 6.61 Å². The van der Waals surface area contributed by atoms with Crippen LogP contribution in [0.1, 0.15) is 52.9 Å². The maximum absolute atomic E-state index is 9.30. The second-order valence-corrected chi connectivity index (χ2v) is 6.20. The summed E-state index contributed by atoms with van der Waals surface area (Å²) in [5.41, 5.74) is 0.302. The van der Waals surface area contributed by atoms with E-state index in [1.807, 2.05) is 0 Å². The smallest absolute Gasteiger partial charge is 0.0584 e. The maximum Gasteiger partial charge on any atom is 0.0584 e. The van der Waals surface area contributed by atoms with Gasteiger partial charge in [-0.05, 0) is 37.1 Å². The Labute approximate surface area is 94.5 Å². The fraction of sp³-hybridized carbons (Fsp3) is 1.00. The second kappa shape index (κ2) is 5.86. The van der Waals surface area contributed by atoms with Gasteiger partial charge in [0.15, 0.2) is 0 Å². The van der Waals surface area contributed by atoms with Gasteiger partial charge in [0.2, 0.25) is 0 Å². The van der Waals surface area contributed by atoms with E-state index in [-0.39, 0.29) is 12.6 Å². The van der Waals surface area contributed by atoms with Crippen molar-refractivity contribution in [1.82, 2.24) is 5.32 Å². The standard InChI is InChI=1S/C13H27NO/c1-13(2,3)8-12(10-15)14-9-11-6-4-5-7-11/h11-12,14-15H,4-10H2,1-3H3. The van der Waals surface area contributed by atoms with E-state index in [4.69, 9.17) is 0 Å². The molecule has 1 fully saturated rings. The third-order valence-corrected chi connectivity index (χ3v) is 3.25. The first kappa shape index (κ1) is 13.0. The topological polar surface area (TPSA) is 32.3 Å². The predicted molar refractivity (Wildman–Crippen MR) is 64.9 cm³/mol. The molecular weight excluding hydrogens is 186 g/mol. The van der Waals surface area contributed by atoms with Crippen LogP contribution in [0.5, 0.6) is 0 Å². The Morgan fingerprint density at radius 2 is 1.87 bits per heavy atom. The van der Waals surface area contributed by atoms with Crippen LogP contribution in [0.2, 0.25) is 0 Å². The Kier molecular flexibility index (Phi) is 5.07. The summed E-state index contributed by atoms with van der Waals surface area (Å²) in [7, 11) is 0. The van der Waals surface area contributed by atoms with Crippen molar-refractivity contribution >= 4 is 0 Å². The number of hydrogen-bond donors (Lipinski definition) is 2. The molecule has 0 heterocycles. The molecule has 2 heteroatoms. The van der Waals surface area contributed by atoms with E-state index in [9.17, 15) is 5.11 Å². The van der Waals surface area contributed by atoms with Crippen LogP contribution in [-0.2, 0) is 0 Å². The third-order valence-electron chi connectivity index (χ3n) is 3.25. The minimum Gasteiger partial charge on any atom is -0.395 e. The van der Waals surface area contributed by atoms with Gasteiger partial charge in [0, 0.05) is 6.04 Å². The van der Waals surface area contributed by atoms with Gasteiger partial charge in [0.25, 0.3) is 0 Å². The quantitative estimate of drug-likeness (QED) is 0.735. The Hall–Kier alpha value is -0.0800. The number of aliphatic hydroxyl groups is 1. The molecule has 1 rings (SSSR count). The first-order valence-corrected chi connectivity index (χ1v) is 6.35. The van der Waals surface area contributed by atoms with Crippen molar-refractivity contribution in [1.29, 1.82) is 0 Å². The Morgan fingerprint density at radius 1 is 1.27 bits per heavy atom. The molecule has 0 aliphatic heterocycles. The summed E-state index contributed by atoms with van der Waals surface area (Å²) in [6.07, 6.45) is 6.60. The van der Waals surface area contributed by atoms with Crippen molar-refractivity contribution in [3.63, 3.8) is 0 Å². The number of aliphatic hydroxyl groups excluding tert-OH is 1. The molecule has 15 heavy (non-hydrogen) atoms. The molecule has 0 bridgehead atoms. The summed E-state index contributed by atoms with van der Waals surface area (Å²) < 4.78 is 0. The average Bonchev–Trinajstić information content (AvgIpc) is 2.62. The van der Waals surface area contributed by atoms with Gasteiger partial charge in [-0.3, -0.25) is 0 Å². The highest BCUT2D eigenvalue weighted by atomic mass is 16.3. The minimum absolute atomic E-state index is 0.268. The van der Waals surface area contributed by atoms with Crippen LogP contribution < -0.4 is 5.32 Å². The van der Waals surface area contributed by atoms with Gasteiger partial charge in [0.1, 0.15) is 0 Å². The maximum atomic E-state index is 9.30. The molecule has 0 aromatic carbocycles. The molecule has 0 radical (unpaired) electrons. The first-order chi connectivity index (χ1) is 7.01. The number of hydrogen-bond acceptors (Lipinski definition) is 2. The summed E-state index contributed by atoms with van der Waals surface area (Å²) in [6.45, 7) is 8.05. The lowest BCUT2D eigenvalue weighted by Gasteiger charge is -2.26. The zero-order valence-corrected chi connectivity index (χ0v) is 10.6. The van der Waals surface area contributed by atoms with Crippen molar-refractivity contribution in [3.05, 3.63) is 0 Å². The number of nitrogens with one attached hydrogen (secondary N) is 1. The fourth-order valence-corrected chi connectivity index (χ4v) is 2.49. The van der Waals surface area contributed by atoms with Crippen LogP contribution in [0.15, 0.2) is 0 Å². The summed E-state index contributed by atoms with van der Waals surface area (Å²) in [6, 6.07) is 0.283. The molecule has 2 nitrogen and oxygen atoms in total. The van der Waals surface area contributed by atoms with Crippen molar-refractivity contribution < 1.29 is 5.11 Å². The van der Waals surface area contributed by atoms with Crippen molar-refractivity contribution in [2.75, 3.05) is 13.2 Å². The lowest BCUT2D eigenvalue weighted by atomic mass is 9.88. The summed E-state index contributed by atoms with van der Waals surface area (Å²) >= 11 is 0. The highest BCUT2D eigenvalue weighted by Crippen LogP contribution is 2.25. The minimum atomic E-state index is 0.268. The molecule has 0 saturated heterocycles. The van der Waals surface area contributed by atoms with Crippen LogP contribution >= 0.6 is 0 Å². The van der Waals surface area contributed by atoms with Gasteiger partial charge in [-0.2, -0.15) is 0 Å². The van der Waals surface area contributed by atoms with Crippen LogP contribution in [0.25, 0.3) is 0 Å². The van der Waals surface area contributed by atoms with Crippen LogP contribution in [0, 0.1) is 11.3 Å². The van der Waals surface area contributed by atoms with E-state index in [1.54, 1.807) is 0 Å². The SMILES string of the molecule is CC(C)(C)CC(CO)NCC1CCCC1. The monoisotopic (exact) mass is 213 g/mol. The zero-order chi connectivity index (χ0) is 11.3. The average molecular weight is 213 g/mol. The fourth-order valence-electron chi connectivity index (χ4n) is 2.49. The molecule has 2 N–H and O–H groups in total. The van der Waals surface area contributed by atoms with E-state index in [0.29, 0.717) is 5.41 Å². The van der Waals surface area contributed by atoms with Gasteiger partial charge in [-0.25, -0.2) is 0 Å². The predicted octanol–water partition coefficient (Wildman–Crippen LogP) is 2.56. The molecule has 1 aliphatic rings. The zero-order valence-electron chi connectivity index (χ0n) is 10.6. The molecule has 1 unspecified atom stereocenters. The molecule has 1 saturated carbocycles. The van der Waals surface area contributed by atoms with Crippen molar-refractivity contribution in [3.8, 4) is 0 Å². The lowest BCUT2D eigenvalue weighted by molar-refractivity contribution is 0.194. The van der Waals surface area contributed by atoms with E-state index >= 15 is 0 Å². The molecule has 1 aliphatic carbocycles. The summed E-state index contributed by atoms with van der Waals surface area (Å²) in [5, 5.41) is 12.8. The second-order valence-electron chi connectivity index (χ2n) is 6.20. The van der Waals surface area contributed by atoms with E-state index in [0.717, 1.165) is 18.9 Å². The highest BCUT2D eigenvalue weighted by molar-refractivity contribution is 4.77. The van der Waals surface area contributed by atoms with Gasteiger partial charge < -0.3 is 10.4 Å². The first-order valence-electron chi connectivity index (χ1n) is 6.35. The van der Waals surface area contributed by atoms with E-state index < -0.39 is 0 Å². The van der Waals surface area contributed by atoms with Crippen molar-refractivity contribution in [2.24, 2.45) is 11.3 Å². The molecular formula is C13H27NO. The summed E-state index contributed by atoms with van der Waals surface area (Å²) in [5.74, 6) is 0.860. The molecule has 0 amide bonds. The number of rotatable bonds is 5. The Morgan fingerprint density at radius 3 is 2.33 bits per heavy atom. The Bertz CT molecular complexity index is 168. The largest absolute Gasteiger partial charge is 0.395 e. The highest BCUT2D eigenvalue weighted by Gasteiger charge is 2.20. The Balaban J connectivity index is 2.21. The van der Waals surface area contributed by atoms with Crippen LogP contribution in [-0.4, -0.2) is 24.3 Å². The lowest BCUT2D eigenvalue weighted by Crippen LogP contribution is -2.38. The molecule has 0 spiro atoms. The van der Waals surface area contributed by atoms with Crippen LogP contribution in [0.4, 0.5) is 0 Å².